The van der Waals surface area contributed by atoms with Crippen LogP contribution in [0.25, 0.3) is 0 Å². The van der Waals surface area contributed by atoms with Gasteiger partial charge in [-0.1, -0.05) is 11.1 Å². The van der Waals surface area contributed by atoms with Gasteiger partial charge in [0.1, 0.15) is 0 Å². The number of hydrogen-bond donors (Lipinski definition) is 0. The molecule has 6 fully saturated rings. The van der Waals surface area contributed by atoms with Gasteiger partial charge in [0.15, 0.2) is 0 Å². The molecular formula is C20H28. The zero-order valence-corrected chi connectivity index (χ0v) is 12.7. The van der Waals surface area contributed by atoms with Gasteiger partial charge in [0, 0.05) is 0 Å². The second-order valence-corrected chi connectivity index (χ2v) is 9.18. The van der Waals surface area contributed by atoms with Gasteiger partial charge in [-0.2, -0.15) is 0 Å². The normalized spacial score (nSPS) is 62.4. The lowest BCUT2D eigenvalue weighted by Gasteiger charge is -2.19. The van der Waals surface area contributed by atoms with Gasteiger partial charge in [-0.3, -0.25) is 0 Å². The minimum atomic E-state index is 1.08. The molecule has 0 nitrogen and oxygen atoms in total. The molecule has 6 aliphatic rings. The van der Waals surface area contributed by atoms with E-state index in [9.17, 15) is 0 Å². The monoisotopic (exact) mass is 268 g/mol. The molecule has 0 aromatic carbocycles. The first-order chi connectivity index (χ1) is 9.90. The molecule has 0 aliphatic heterocycles. The third kappa shape index (κ3) is 1.22. The largest absolute Gasteiger partial charge is 0.0670 e. The van der Waals surface area contributed by atoms with Crippen molar-refractivity contribution in [2.24, 2.45) is 47.3 Å². The van der Waals surface area contributed by atoms with E-state index in [1.165, 1.54) is 0 Å². The lowest BCUT2D eigenvalue weighted by molar-refractivity contribution is 0.359. The van der Waals surface area contributed by atoms with Crippen LogP contribution in [-0.2, 0) is 0 Å². The number of allylic oxidation sites excluding steroid dienone is 2. The molecule has 0 bridgehead atoms. The van der Waals surface area contributed by atoms with Crippen molar-refractivity contribution in [1.29, 1.82) is 0 Å². The Bertz CT molecular complexity index is 442. The Balaban J connectivity index is 1.42. The van der Waals surface area contributed by atoms with Gasteiger partial charge < -0.3 is 0 Å². The van der Waals surface area contributed by atoms with E-state index >= 15 is 0 Å². The smallest absolute Gasteiger partial charge is 0.0166 e. The number of rotatable bonds is 0. The topological polar surface area (TPSA) is 0 Å². The van der Waals surface area contributed by atoms with Crippen LogP contribution in [0, 0.1) is 47.3 Å². The first-order valence-electron chi connectivity index (χ1n) is 9.62. The minimum Gasteiger partial charge on any atom is -0.0670 e. The van der Waals surface area contributed by atoms with Gasteiger partial charge in [-0.25, -0.2) is 0 Å². The molecule has 6 rings (SSSR count). The van der Waals surface area contributed by atoms with E-state index < -0.39 is 0 Å². The molecule has 0 N–H and O–H groups in total. The van der Waals surface area contributed by atoms with Crippen LogP contribution in [-0.4, -0.2) is 0 Å². The van der Waals surface area contributed by atoms with Crippen molar-refractivity contribution in [1.82, 2.24) is 0 Å². The standard InChI is InChI=1S/C20H28/c1-3-13-9-17(15-7-5-11(1)19(13)15)18-10-14-4-2-12-6-8-16(18)20(12)14/h11-16,19-20H,1-10H2/b18-17+/t11-,12-,13-,14+,15+,16+,19+,20+/m0/s1. The highest BCUT2D eigenvalue weighted by molar-refractivity contribution is 5.33. The molecule has 108 valence electrons. The highest BCUT2D eigenvalue weighted by atomic mass is 14.6. The zero-order valence-electron chi connectivity index (χ0n) is 12.7. The van der Waals surface area contributed by atoms with Gasteiger partial charge in [0.05, 0.1) is 0 Å². The Kier molecular flexibility index (Phi) is 2.11. The average Bonchev–Trinajstić information content (AvgIpc) is 3.18. The van der Waals surface area contributed by atoms with E-state index in [-0.39, 0.29) is 0 Å². The Morgan fingerprint density at radius 3 is 1.35 bits per heavy atom. The van der Waals surface area contributed by atoms with Crippen LogP contribution in [0.5, 0.6) is 0 Å². The maximum atomic E-state index is 2.07. The summed E-state index contributed by atoms with van der Waals surface area (Å²) in [5, 5.41) is 0. The van der Waals surface area contributed by atoms with E-state index in [1.807, 2.05) is 0 Å². The summed E-state index contributed by atoms with van der Waals surface area (Å²) >= 11 is 0. The molecule has 6 aliphatic carbocycles. The summed E-state index contributed by atoms with van der Waals surface area (Å²) in [7, 11) is 0. The third-order valence-corrected chi connectivity index (χ3v) is 8.89. The molecule has 8 atom stereocenters. The maximum Gasteiger partial charge on any atom is -0.0166 e. The predicted molar refractivity (Wildman–Crippen MR) is 81.1 cm³/mol. The van der Waals surface area contributed by atoms with Crippen LogP contribution < -0.4 is 0 Å². The Labute approximate surface area is 123 Å². The molecule has 20 heavy (non-hydrogen) atoms. The first kappa shape index (κ1) is 11.3. The van der Waals surface area contributed by atoms with Gasteiger partial charge >= 0.3 is 0 Å². The Morgan fingerprint density at radius 1 is 0.450 bits per heavy atom. The fourth-order valence-corrected chi connectivity index (χ4v) is 8.45. The van der Waals surface area contributed by atoms with Crippen LogP contribution in [0.1, 0.15) is 64.2 Å². The predicted octanol–water partition coefficient (Wildman–Crippen LogP) is 5.20. The fourth-order valence-electron chi connectivity index (χ4n) is 8.45. The van der Waals surface area contributed by atoms with Gasteiger partial charge in [0.2, 0.25) is 0 Å². The molecular weight excluding hydrogens is 240 g/mol. The molecule has 0 aromatic rings. The molecule has 0 aromatic heterocycles. The summed E-state index contributed by atoms with van der Waals surface area (Å²) in [5.41, 5.74) is 4.14. The average molecular weight is 268 g/mol. The molecule has 0 heteroatoms. The van der Waals surface area contributed by atoms with E-state index in [2.05, 4.69) is 11.1 Å². The number of hydrogen-bond acceptors (Lipinski definition) is 0. The van der Waals surface area contributed by atoms with E-state index in [1.54, 1.807) is 64.2 Å². The van der Waals surface area contributed by atoms with Gasteiger partial charge in [0.25, 0.3) is 0 Å². The van der Waals surface area contributed by atoms with Crippen molar-refractivity contribution >= 4 is 0 Å². The van der Waals surface area contributed by atoms with Crippen LogP contribution >= 0.6 is 0 Å². The Morgan fingerprint density at radius 2 is 0.850 bits per heavy atom. The fraction of sp³-hybridized carbons (Fsp3) is 0.900. The molecule has 0 saturated heterocycles. The van der Waals surface area contributed by atoms with Crippen molar-refractivity contribution in [2.75, 3.05) is 0 Å². The highest BCUT2D eigenvalue weighted by Gasteiger charge is 2.56. The zero-order chi connectivity index (χ0) is 12.8. The van der Waals surface area contributed by atoms with Crippen LogP contribution in [0.2, 0.25) is 0 Å². The van der Waals surface area contributed by atoms with Crippen LogP contribution in [0.15, 0.2) is 11.1 Å². The first-order valence-corrected chi connectivity index (χ1v) is 9.62. The van der Waals surface area contributed by atoms with E-state index in [0.29, 0.717) is 0 Å². The second kappa shape index (κ2) is 3.73. The third-order valence-electron chi connectivity index (χ3n) is 8.89. The molecule has 0 heterocycles. The second-order valence-electron chi connectivity index (χ2n) is 9.18. The summed E-state index contributed by atoms with van der Waals surface area (Å²) in [6.07, 6.45) is 15.8. The van der Waals surface area contributed by atoms with Crippen molar-refractivity contribution in [3.05, 3.63) is 11.1 Å². The van der Waals surface area contributed by atoms with Gasteiger partial charge in [-0.15, -0.1) is 0 Å². The quantitative estimate of drug-likeness (QED) is 0.530. The summed E-state index contributed by atoms with van der Waals surface area (Å²) in [4.78, 5) is 0. The summed E-state index contributed by atoms with van der Waals surface area (Å²) in [6.45, 7) is 0. The van der Waals surface area contributed by atoms with Crippen LogP contribution in [0.4, 0.5) is 0 Å². The van der Waals surface area contributed by atoms with Crippen molar-refractivity contribution < 1.29 is 0 Å². The van der Waals surface area contributed by atoms with Crippen molar-refractivity contribution in [2.45, 2.75) is 64.2 Å². The molecule has 0 amide bonds. The van der Waals surface area contributed by atoms with Crippen molar-refractivity contribution in [3.8, 4) is 0 Å². The lowest BCUT2D eigenvalue weighted by atomic mass is 9.86. The van der Waals surface area contributed by atoms with Gasteiger partial charge in [-0.05, 0) is 112 Å². The molecule has 0 radical (unpaired) electrons. The molecule has 6 saturated carbocycles. The van der Waals surface area contributed by atoms with Crippen LogP contribution in [0.3, 0.4) is 0 Å². The SMILES string of the molecule is C1C[C@@H]2C/C(=C3/C[C@@H]4CC[C@H]5CC[C@H]3[C@H]54)[C@H]3CC[C@H]1[C@H]23. The van der Waals surface area contributed by atoms with E-state index in [0.717, 1.165) is 47.3 Å². The molecule has 0 spiro atoms. The summed E-state index contributed by atoms with van der Waals surface area (Å²) < 4.78 is 0. The minimum absolute atomic E-state index is 1.08. The Hall–Kier alpha value is -0.260. The highest BCUT2D eigenvalue weighted by Crippen LogP contribution is 2.66. The lowest BCUT2D eigenvalue weighted by Crippen LogP contribution is -2.11. The molecule has 0 unspecified atom stereocenters. The van der Waals surface area contributed by atoms with Crippen molar-refractivity contribution in [3.63, 3.8) is 0 Å². The summed E-state index contributed by atoms with van der Waals surface area (Å²) in [6, 6.07) is 0. The summed E-state index contributed by atoms with van der Waals surface area (Å²) in [5.74, 6) is 9.06. The maximum absolute atomic E-state index is 2.07. The van der Waals surface area contributed by atoms with E-state index in [4.69, 9.17) is 0 Å².